The van der Waals surface area contributed by atoms with Crippen LogP contribution in [0.1, 0.15) is 0 Å². The topological polar surface area (TPSA) is 29.5 Å². The van der Waals surface area contributed by atoms with Crippen LogP contribution in [0.4, 0.5) is 17.1 Å². The Morgan fingerprint density at radius 1 is 0.347 bits per heavy atom. The summed E-state index contributed by atoms with van der Waals surface area (Å²) >= 11 is 0. The average molecular weight is 628 g/mol. The number of benzene rings is 8. The Hall–Kier alpha value is -6.58. The van der Waals surface area contributed by atoms with E-state index in [9.17, 15) is 0 Å². The molecule has 0 fully saturated rings. The molecule has 0 aliphatic heterocycles. The molecule has 49 heavy (non-hydrogen) atoms. The van der Waals surface area contributed by atoms with Crippen molar-refractivity contribution < 1.29 is 8.83 Å². The molecule has 3 heteroatoms. The number of furan rings is 2. The number of anilines is 3. The molecule has 0 amide bonds. The molecule has 10 aromatic rings. The third-order valence-electron chi connectivity index (χ3n) is 9.65. The first kappa shape index (κ1) is 27.5. The standard InChI is InChI=1S/C46H29NO2/c1-3-12-30(13-4-1)31-22-24-34(25-23-31)47(33-15-5-2-6-16-33)35-26-27-43-40(29-35)41-28-32-14-7-8-17-36(32)44(46(41)49-43)39-20-11-19-38-37-18-9-10-21-42(37)48-45(38)39/h1-29H. The fourth-order valence-electron chi connectivity index (χ4n) is 7.37. The van der Waals surface area contributed by atoms with Crippen LogP contribution in [-0.2, 0) is 0 Å². The average Bonchev–Trinajstić information content (AvgIpc) is 3.73. The second kappa shape index (κ2) is 11.0. The summed E-state index contributed by atoms with van der Waals surface area (Å²) in [4.78, 5) is 2.31. The van der Waals surface area contributed by atoms with E-state index in [0.717, 1.165) is 82.8 Å². The summed E-state index contributed by atoms with van der Waals surface area (Å²) in [5.41, 5.74) is 11.2. The summed E-state index contributed by atoms with van der Waals surface area (Å²) in [6.07, 6.45) is 0. The van der Waals surface area contributed by atoms with Gasteiger partial charge in [-0.15, -0.1) is 0 Å². The highest BCUT2D eigenvalue weighted by atomic mass is 16.3. The van der Waals surface area contributed by atoms with Gasteiger partial charge in [-0.2, -0.15) is 0 Å². The number of fused-ring (bicyclic) bond motifs is 7. The number of nitrogens with zero attached hydrogens (tertiary/aromatic N) is 1. The number of hydrogen-bond donors (Lipinski definition) is 0. The lowest BCUT2D eigenvalue weighted by molar-refractivity contribution is 0.665. The van der Waals surface area contributed by atoms with E-state index < -0.39 is 0 Å². The number of para-hydroxylation sites is 3. The largest absolute Gasteiger partial charge is 0.455 e. The van der Waals surface area contributed by atoms with Crippen molar-refractivity contribution in [1.82, 2.24) is 0 Å². The first-order valence-corrected chi connectivity index (χ1v) is 16.6. The molecule has 0 aliphatic rings. The van der Waals surface area contributed by atoms with E-state index in [2.05, 4.69) is 169 Å². The molecular formula is C46H29NO2. The molecule has 3 nitrogen and oxygen atoms in total. The van der Waals surface area contributed by atoms with Gasteiger partial charge in [0, 0.05) is 49.7 Å². The van der Waals surface area contributed by atoms with Crippen LogP contribution in [-0.4, -0.2) is 0 Å². The van der Waals surface area contributed by atoms with Gasteiger partial charge in [0.15, 0.2) is 0 Å². The van der Waals surface area contributed by atoms with E-state index >= 15 is 0 Å². The molecule has 0 radical (unpaired) electrons. The molecule has 0 aliphatic carbocycles. The van der Waals surface area contributed by atoms with E-state index in [1.807, 2.05) is 12.1 Å². The molecule has 0 unspecified atom stereocenters. The Morgan fingerprint density at radius 2 is 0.959 bits per heavy atom. The van der Waals surface area contributed by atoms with Gasteiger partial charge < -0.3 is 13.7 Å². The van der Waals surface area contributed by atoms with Crippen LogP contribution in [0.25, 0.3) is 76.9 Å². The maximum absolute atomic E-state index is 6.82. The second-order valence-corrected chi connectivity index (χ2v) is 12.5. The van der Waals surface area contributed by atoms with Gasteiger partial charge in [-0.1, -0.05) is 121 Å². The first-order chi connectivity index (χ1) is 24.3. The molecule has 0 saturated heterocycles. The maximum Gasteiger partial charge on any atom is 0.144 e. The summed E-state index contributed by atoms with van der Waals surface area (Å²) in [5, 5.41) is 6.64. The zero-order valence-corrected chi connectivity index (χ0v) is 26.5. The van der Waals surface area contributed by atoms with Gasteiger partial charge in [0.1, 0.15) is 22.3 Å². The summed E-state index contributed by atoms with van der Waals surface area (Å²) in [5.74, 6) is 0. The predicted octanol–water partition coefficient (Wildman–Crippen LogP) is 13.4. The lowest BCUT2D eigenvalue weighted by Gasteiger charge is -2.25. The smallest absolute Gasteiger partial charge is 0.144 e. The van der Waals surface area contributed by atoms with Crippen molar-refractivity contribution >= 4 is 71.7 Å². The van der Waals surface area contributed by atoms with Crippen LogP contribution in [0.2, 0.25) is 0 Å². The van der Waals surface area contributed by atoms with Gasteiger partial charge in [0.05, 0.1) is 0 Å². The molecule has 2 aromatic heterocycles. The normalized spacial score (nSPS) is 11.7. The summed E-state index contributed by atoms with van der Waals surface area (Å²) in [7, 11) is 0. The minimum absolute atomic E-state index is 0.847. The van der Waals surface area contributed by atoms with Crippen molar-refractivity contribution in [3.8, 4) is 22.3 Å². The van der Waals surface area contributed by atoms with Crippen molar-refractivity contribution in [2.45, 2.75) is 0 Å². The van der Waals surface area contributed by atoms with Crippen LogP contribution in [0.3, 0.4) is 0 Å². The van der Waals surface area contributed by atoms with Crippen LogP contribution in [0, 0.1) is 0 Å². The quantitative estimate of drug-likeness (QED) is 0.190. The third kappa shape index (κ3) is 4.44. The highest BCUT2D eigenvalue weighted by Gasteiger charge is 2.22. The Bertz CT molecular complexity index is 2810. The van der Waals surface area contributed by atoms with Crippen LogP contribution in [0.15, 0.2) is 185 Å². The zero-order chi connectivity index (χ0) is 32.3. The van der Waals surface area contributed by atoms with Gasteiger partial charge >= 0.3 is 0 Å². The van der Waals surface area contributed by atoms with Crippen LogP contribution >= 0.6 is 0 Å². The molecule has 0 atom stereocenters. The zero-order valence-electron chi connectivity index (χ0n) is 26.5. The predicted molar refractivity (Wildman–Crippen MR) is 204 cm³/mol. The molecule has 0 N–H and O–H groups in total. The Kier molecular flexibility index (Phi) is 6.18. The van der Waals surface area contributed by atoms with E-state index in [4.69, 9.17) is 8.83 Å². The van der Waals surface area contributed by atoms with E-state index in [1.54, 1.807) is 0 Å². The molecule has 2 heterocycles. The summed E-state index contributed by atoms with van der Waals surface area (Å²) in [6.45, 7) is 0. The molecular weight excluding hydrogens is 599 g/mol. The highest BCUT2D eigenvalue weighted by Crippen LogP contribution is 2.46. The first-order valence-electron chi connectivity index (χ1n) is 16.6. The number of rotatable bonds is 5. The van der Waals surface area contributed by atoms with Gasteiger partial charge in [0.2, 0.25) is 0 Å². The lowest BCUT2D eigenvalue weighted by atomic mass is 9.94. The monoisotopic (exact) mass is 627 g/mol. The Morgan fingerprint density at radius 3 is 1.80 bits per heavy atom. The van der Waals surface area contributed by atoms with E-state index in [1.165, 1.54) is 11.1 Å². The third-order valence-corrected chi connectivity index (χ3v) is 9.65. The van der Waals surface area contributed by atoms with Crippen LogP contribution in [0.5, 0.6) is 0 Å². The molecule has 230 valence electrons. The van der Waals surface area contributed by atoms with Crippen LogP contribution < -0.4 is 4.90 Å². The lowest BCUT2D eigenvalue weighted by Crippen LogP contribution is -2.09. The fraction of sp³-hybridized carbons (Fsp3) is 0. The Balaban J connectivity index is 1.20. The number of hydrogen-bond acceptors (Lipinski definition) is 3. The van der Waals surface area contributed by atoms with Gasteiger partial charge in [-0.05, 0) is 76.5 Å². The molecule has 10 rings (SSSR count). The fourth-order valence-corrected chi connectivity index (χ4v) is 7.37. The van der Waals surface area contributed by atoms with Gasteiger partial charge in [0.25, 0.3) is 0 Å². The summed E-state index contributed by atoms with van der Waals surface area (Å²) in [6, 6.07) is 61.9. The summed E-state index contributed by atoms with van der Waals surface area (Å²) < 4.78 is 13.4. The van der Waals surface area contributed by atoms with E-state index in [0.29, 0.717) is 0 Å². The minimum atomic E-state index is 0.847. The van der Waals surface area contributed by atoms with Crippen molar-refractivity contribution in [2.75, 3.05) is 4.90 Å². The van der Waals surface area contributed by atoms with Gasteiger partial charge in [-0.25, -0.2) is 0 Å². The molecule has 8 aromatic carbocycles. The molecule has 0 spiro atoms. The SMILES string of the molecule is c1ccc(-c2ccc(N(c3ccccc3)c3ccc4oc5c(-c6cccc7c6oc6ccccc67)c6ccccc6cc5c4c3)cc2)cc1. The van der Waals surface area contributed by atoms with Crippen molar-refractivity contribution in [3.05, 3.63) is 176 Å². The van der Waals surface area contributed by atoms with Crippen molar-refractivity contribution in [1.29, 1.82) is 0 Å². The van der Waals surface area contributed by atoms with Crippen molar-refractivity contribution in [3.63, 3.8) is 0 Å². The highest BCUT2D eigenvalue weighted by molar-refractivity contribution is 6.22. The van der Waals surface area contributed by atoms with Crippen molar-refractivity contribution in [2.24, 2.45) is 0 Å². The van der Waals surface area contributed by atoms with Gasteiger partial charge in [-0.3, -0.25) is 0 Å². The maximum atomic E-state index is 6.82. The Labute approximate surface area is 282 Å². The van der Waals surface area contributed by atoms with E-state index in [-0.39, 0.29) is 0 Å². The second-order valence-electron chi connectivity index (χ2n) is 12.5. The molecule has 0 saturated carbocycles. The minimum Gasteiger partial charge on any atom is -0.455 e. The molecule has 0 bridgehead atoms.